The maximum absolute atomic E-state index is 13.4. The summed E-state index contributed by atoms with van der Waals surface area (Å²) in [5.41, 5.74) is 4.40. The number of oxazole rings is 1. The lowest BCUT2D eigenvalue weighted by Crippen LogP contribution is -2.03. The number of ether oxygens (including phenoxy) is 1. The number of hydrogen-bond donors (Lipinski definition) is 0. The van der Waals surface area contributed by atoms with Gasteiger partial charge in [-0.2, -0.15) is 0 Å². The number of allylic oxidation sites excluding steroid dienone is 1. The first kappa shape index (κ1) is 18.7. The summed E-state index contributed by atoms with van der Waals surface area (Å²) in [5.74, 6) is 0.890. The highest BCUT2D eigenvalue weighted by Crippen LogP contribution is 2.27. The highest BCUT2D eigenvalue weighted by Gasteiger charge is 2.20. The Bertz CT molecular complexity index is 1140. The molecule has 4 nitrogen and oxygen atoms in total. The molecule has 0 bridgehead atoms. The maximum Gasteiger partial charge on any atom is 0.231 e. The molecule has 0 fully saturated rings. The predicted molar refractivity (Wildman–Crippen MR) is 115 cm³/mol. The van der Waals surface area contributed by atoms with Crippen LogP contribution >= 0.6 is 0 Å². The summed E-state index contributed by atoms with van der Waals surface area (Å²) in [5, 5.41) is 0. The van der Waals surface area contributed by atoms with Gasteiger partial charge < -0.3 is 9.15 Å². The molecule has 144 valence electrons. The number of carbonyl (C=O) groups is 1. The lowest BCUT2D eigenvalue weighted by atomic mass is 10.0. The van der Waals surface area contributed by atoms with Gasteiger partial charge in [0.2, 0.25) is 5.89 Å². The monoisotopic (exact) mass is 383 g/mol. The molecule has 4 heteroatoms. The Balaban J connectivity index is 1.78. The molecule has 0 amide bonds. The van der Waals surface area contributed by atoms with Crippen molar-refractivity contribution in [1.29, 1.82) is 0 Å². The Labute approximate surface area is 169 Å². The molecule has 0 radical (unpaired) electrons. The number of carbonyl (C=O) groups excluding carboxylic acids is 1. The highest BCUT2D eigenvalue weighted by molar-refractivity contribution is 6.31. The number of rotatable bonds is 6. The summed E-state index contributed by atoms with van der Waals surface area (Å²) >= 11 is 0. The molecule has 0 aliphatic rings. The molecule has 1 aromatic heterocycles. The summed E-state index contributed by atoms with van der Waals surface area (Å²) in [6, 6.07) is 22.6. The second kappa shape index (κ2) is 8.15. The minimum atomic E-state index is -0.153. The Hall–Kier alpha value is -3.66. The van der Waals surface area contributed by atoms with E-state index in [1.54, 1.807) is 24.3 Å². The van der Waals surface area contributed by atoms with Crippen molar-refractivity contribution in [1.82, 2.24) is 4.98 Å². The number of ketones is 1. The fourth-order valence-corrected chi connectivity index (χ4v) is 3.07. The molecule has 0 saturated carbocycles. The minimum Gasteiger partial charge on any atom is -0.494 e. The molecule has 0 saturated heterocycles. The highest BCUT2D eigenvalue weighted by atomic mass is 16.5. The third-order valence-corrected chi connectivity index (χ3v) is 4.58. The van der Waals surface area contributed by atoms with E-state index in [0.29, 0.717) is 29.2 Å². The van der Waals surface area contributed by atoms with Gasteiger partial charge in [0.1, 0.15) is 11.3 Å². The van der Waals surface area contributed by atoms with E-state index >= 15 is 0 Å². The molecule has 0 aliphatic carbocycles. The van der Waals surface area contributed by atoms with Gasteiger partial charge in [-0.05, 0) is 61.9 Å². The van der Waals surface area contributed by atoms with E-state index in [1.165, 1.54) is 0 Å². The first-order valence-corrected chi connectivity index (χ1v) is 9.56. The van der Waals surface area contributed by atoms with E-state index in [2.05, 4.69) is 4.98 Å². The Kier molecular flexibility index (Phi) is 5.25. The summed E-state index contributed by atoms with van der Waals surface area (Å²) in [6.07, 6.45) is 1.82. The SMILES string of the molecule is CCOc1ccc(C(=O)/C(=C\c2ccc(C)cc2)c2nc3ccccc3o2)cc1. The van der Waals surface area contributed by atoms with E-state index in [-0.39, 0.29) is 5.78 Å². The quantitative estimate of drug-likeness (QED) is 0.305. The first-order valence-electron chi connectivity index (χ1n) is 9.56. The average Bonchev–Trinajstić information content (AvgIpc) is 3.17. The van der Waals surface area contributed by atoms with E-state index < -0.39 is 0 Å². The standard InChI is InChI=1S/C25H21NO3/c1-3-28-20-14-12-19(13-15-20)24(27)21(16-18-10-8-17(2)9-11-18)25-26-22-6-4-5-7-23(22)29-25/h4-16H,3H2,1-2H3/b21-16+. The molecule has 29 heavy (non-hydrogen) atoms. The smallest absolute Gasteiger partial charge is 0.231 e. The average molecular weight is 383 g/mol. The fourth-order valence-electron chi connectivity index (χ4n) is 3.07. The molecule has 0 unspecified atom stereocenters. The molecular formula is C25H21NO3. The molecule has 0 aliphatic heterocycles. The number of aryl methyl sites for hydroxylation is 1. The third kappa shape index (κ3) is 4.11. The van der Waals surface area contributed by atoms with Crippen LogP contribution in [0.1, 0.15) is 34.3 Å². The Morgan fingerprint density at radius 3 is 2.41 bits per heavy atom. The summed E-state index contributed by atoms with van der Waals surface area (Å²) in [7, 11) is 0. The second-order valence-corrected chi connectivity index (χ2v) is 6.74. The normalized spacial score (nSPS) is 11.6. The molecule has 1 heterocycles. The van der Waals surface area contributed by atoms with Crippen molar-refractivity contribution in [2.75, 3.05) is 6.61 Å². The molecule has 0 spiro atoms. The fraction of sp³-hybridized carbons (Fsp3) is 0.120. The van der Waals surface area contributed by atoms with E-state index in [1.807, 2.05) is 68.5 Å². The van der Waals surface area contributed by atoms with Crippen LogP contribution < -0.4 is 4.74 Å². The Morgan fingerprint density at radius 1 is 1.00 bits per heavy atom. The van der Waals surface area contributed by atoms with Crippen molar-refractivity contribution in [2.45, 2.75) is 13.8 Å². The van der Waals surface area contributed by atoms with E-state index in [9.17, 15) is 4.79 Å². The van der Waals surface area contributed by atoms with Crippen molar-refractivity contribution in [3.8, 4) is 5.75 Å². The van der Waals surface area contributed by atoms with Crippen LogP contribution in [-0.2, 0) is 0 Å². The van der Waals surface area contributed by atoms with Crippen LogP contribution in [0, 0.1) is 6.92 Å². The second-order valence-electron chi connectivity index (χ2n) is 6.74. The third-order valence-electron chi connectivity index (χ3n) is 4.58. The van der Waals surface area contributed by atoms with E-state index in [4.69, 9.17) is 9.15 Å². The van der Waals surface area contributed by atoms with Gasteiger partial charge in [0, 0.05) is 5.56 Å². The van der Waals surface area contributed by atoms with Gasteiger partial charge in [-0.15, -0.1) is 0 Å². The van der Waals surface area contributed by atoms with Crippen LogP contribution in [0.2, 0.25) is 0 Å². The largest absolute Gasteiger partial charge is 0.494 e. The number of benzene rings is 3. The van der Waals surface area contributed by atoms with Crippen molar-refractivity contribution < 1.29 is 13.9 Å². The van der Waals surface area contributed by atoms with Crippen molar-refractivity contribution >= 4 is 28.5 Å². The van der Waals surface area contributed by atoms with Crippen LogP contribution in [0.4, 0.5) is 0 Å². The number of para-hydroxylation sites is 2. The van der Waals surface area contributed by atoms with Gasteiger partial charge in [-0.25, -0.2) is 4.98 Å². The summed E-state index contributed by atoms with van der Waals surface area (Å²) < 4.78 is 11.4. The number of Topliss-reactive ketones (excluding diaryl/α,β-unsaturated/α-hetero) is 1. The molecule has 4 rings (SSSR count). The van der Waals surface area contributed by atoms with Gasteiger partial charge >= 0.3 is 0 Å². The van der Waals surface area contributed by atoms with Crippen molar-refractivity contribution in [2.24, 2.45) is 0 Å². The number of nitrogens with zero attached hydrogens (tertiary/aromatic N) is 1. The predicted octanol–water partition coefficient (Wildman–Crippen LogP) is 5.96. The van der Waals surface area contributed by atoms with Gasteiger partial charge in [0.25, 0.3) is 0 Å². The number of hydrogen-bond acceptors (Lipinski definition) is 4. The van der Waals surface area contributed by atoms with Crippen molar-refractivity contribution in [3.05, 3.63) is 95.4 Å². The molecule has 4 aromatic rings. The van der Waals surface area contributed by atoms with Crippen LogP contribution in [-0.4, -0.2) is 17.4 Å². The topological polar surface area (TPSA) is 52.3 Å². The van der Waals surface area contributed by atoms with Crippen LogP contribution in [0.5, 0.6) is 5.75 Å². The molecule has 0 N–H and O–H groups in total. The lowest BCUT2D eigenvalue weighted by molar-refractivity contribution is 0.105. The van der Waals surface area contributed by atoms with Gasteiger partial charge in [-0.3, -0.25) is 4.79 Å². The zero-order valence-electron chi connectivity index (χ0n) is 16.4. The summed E-state index contributed by atoms with van der Waals surface area (Å²) in [4.78, 5) is 17.9. The van der Waals surface area contributed by atoms with Gasteiger partial charge in [-0.1, -0.05) is 42.0 Å². The first-order chi connectivity index (χ1) is 14.1. The minimum absolute atomic E-state index is 0.153. The molecular weight excluding hydrogens is 362 g/mol. The molecule has 3 aromatic carbocycles. The zero-order chi connectivity index (χ0) is 20.2. The zero-order valence-corrected chi connectivity index (χ0v) is 16.4. The van der Waals surface area contributed by atoms with Gasteiger partial charge in [0.15, 0.2) is 11.4 Å². The Morgan fingerprint density at radius 2 is 1.72 bits per heavy atom. The lowest BCUT2D eigenvalue weighted by Gasteiger charge is -2.06. The van der Waals surface area contributed by atoms with Crippen LogP contribution in [0.25, 0.3) is 22.7 Å². The maximum atomic E-state index is 13.4. The number of aromatic nitrogens is 1. The van der Waals surface area contributed by atoms with Crippen LogP contribution in [0.15, 0.2) is 77.2 Å². The van der Waals surface area contributed by atoms with Gasteiger partial charge in [0.05, 0.1) is 12.2 Å². The molecule has 0 atom stereocenters. The summed E-state index contributed by atoms with van der Waals surface area (Å²) in [6.45, 7) is 4.53. The van der Waals surface area contributed by atoms with Crippen molar-refractivity contribution in [3.63, 3.8) is 0 Å². The van der Waals surface area contributed by atoms with E-state index in [0.717, 1.165) is 22.4 Å². The number of fused-ring (bicyclic) bond motifs is 1. The van der Waals surface area contributed by atoms with Crippen LogP contribution in [0.3, 0.4) is 0 Å².